The molecule has 0 aromatic rings. The number of fused-ring (bicyclic) bond motifs is 1. The number of hydrogen-bond donors (Lipinski definition) is 0. The minimum atomic E-state index is -0.937. The van der Waals surface area contributed by atoms with Gasteiger partial charge in [0, 0.05) is 26.5 Å². The molecule has 2 unspecified atom stereocenters. The van der Waals surface area contributed by atoms with E-state index in [2.05, 4.69) is 0 Å². The molecule has 1 saturated carbocycles. The number of carbonyl (C=O) groups excluding carboxylic acids is 1. The van der Waals surface area contributed by atoms with Crippen molar-refractivity contribution in [2.24, 2.45) is 5.92 Å². The van der Waals surface area contributed by atoms with Crippen molar-refractivity contribution in [2.75, 3.05) is 13.7 Å². The Morgan fingerprint density at radius 1 is 1.47 bits per heavy atom. The van der Waals surface area contributed by atoms with Gasteiger partial charge in [-0.15, -0.1) is 0 Å². The Balaban J connectivity index is 2.34. The van der Waals surface area contributed by atoms with Gasteiger partial charge in [0.2, 0.25) is 5.91 Å². The van der Waals surface area contributed by atoms with Gasteiger partial charge in [-0.05, 0) is 12.8 Å². The highest BCUT2D eigenvalue weighted by Crippen LogP contribution is 2.68. The first-order valence-electron chi connectivity index (χ1n) is 5.19. The molecule has 0 spiro atoms. The molecule has 0 aromatic carbocycles. The molecular formula is C10H15Cl2NO2. The van der Waals surface area contributed by atoms with Gasteiger partial charge in [0.05, 0.1) is 0 Å². The summed E-state index contributed by atoms with van der Waals surface area (Å²) in [4.78, 5) is 13.3. The third-order valence-electron chi connectivity index (χ3n) is 3.52. The number of halogens is 2. The first-order chi connectivity index (χ1) is 6.98. The molecule has 0 radical (unpaired) electrons. The standard InChI is InChI=1S/C10H15Cl2NO2/c1-7(14)13-6-4-3-5-8-9(11,12)10(8,13)15-2/h8H,3-6H2,1-2H3. The number of alkyl halides is 2. The molecule has 1 aliphatic carbocycles. The number of likely N-dealkylation sites (tertiary alicyclic amines) is 1. The van der Waals surface area contributed by atoms with Crippen molar-refractivity contribution in [3.63, 3.8) is 0 Å². The average molecular weight is 252 g/mol. The molecule has 2 aliphatic rings. The van der Waals surface area contributed by atoms with Gasteiger partial charge in [-0.2, -0.15) is 0 Å². The van der Waals surface area contributed by atoms with Gasteiger partial charge in [-0.3, -0.25) is 4.79 Å². The second-order valence-electron chi connectivity index (χ2n) is 4.24. The number of carbonyl (C=O) groups is 1. The van der Waals surface area contributed by atoms with Crippen LogP contribution in [0.15, 0.2) is 0 Å². The lowest BCUT2D eigenvalue weighted by atomic mass is 10.2. The third-order valence-corrected chi connectivity index (χ3v) is 4.59. The summed E-state index contributed by atoms with van der Waals surface area (Å²) in [5, 5.41) is 0. The lowest BCUT2D eigenvalue weighted by molar-refractivity contribution is -0.147. The van der Waals surface area contributed by atoms with E-state index in [0.717, 1.165) is 19.3 Å². The molecule has 1 heterocycles. The summed E-state index contributed by atoms with van der Waals surface area (Å²) in [6, 6.07) is 0. The molecule has 15 heavy (non-hydrogen) atoms. The zero-order chi connectivity index (χ0) is 11.3. The van der Waals surface area contributed by atoms with Crippen LogP contribution in [0.25, 0.3) is 0 Å². The minimum absolute atomic E-state index is 0.0214. The summed E-state index contributed by atoms with van der Waals surface area (Å²) in [5.41, 5.74) is -0.779. The van der Waals surface area contributed by atoms with Gasteiger partial charge in [-0.1, -0.05) is 29.6 Å². The van der Waals surface area contributed by atoms with E-state index in [1.54, 1.807) is 12.0 Å². The van der Waals surface area contributed by atoms with E-state index in [4.69, 9.17) is 27.9 Å². The number of ether oxygens (including phenoxy) is 1. The smallest absolute Gasteiger partial charge is 0.221 e. The maximum atomic E-state index is 11.6. The molecule has 1 saturated heterocycles. The van der Waals surface area contributed by atoms with Crippen LogP contribution in [0.1, 0.15) is 26.2 Å². The number of nitrogens with zero attached hydrogens (tertiary/aromatic N) is 1. The molecule has 1 amide bonds. The summed E-state index contributed by atoms with van der Waals surface area (Å²) < 4.78 is 4.53. The highest BCUT2D eigenvalue weighted by atomic mass is 35.5. The van der Waals surface area contributed by atoms with Crippen molar-refractivity contribution in [3.05, 3.63) is 0 Å². The molecule has 86 valence electrons. The largest absolute Gasteiger partial charge is 0.355 e. The summed E-state index contributed by atoms with van der Waals surface area (Å²) in [7, 11) is 1.57. The molecular weight excluding hydrogens is 237 g/mol. The van der Waals surface area contributed by atoms with Crippen molar-refractivity contribution in [3.8, 4) is 0 Å². The van der Waals surface area contributed by atoms with Crippen molar-refractivity contribution in [1.82, 2.24) is 4.90 Å². The van der Waals surface area contributed by atoms with E-state index in [9.17, 15) is 4.79 Å². The van der Waals surface area contributed by atoms with Crippen LogP contribution in [-0.4, -0.2) is 34.5 Å². The Morgan fingerprint density at radius 3 is 2.67 bits per heavy atom. The predicted molar refractivity (Wildman–Crippen MR) is 58.9 cm³/mol. The van der Waals surface area contributed by atoms with E-state index in [1.165, 1.54) is 6.92 Å². The Hall–Kier alpha value is 0.01000. The van der Waals surface area contributed by atoms with Crippen molar-refractivity contribution in [1.29, 1.82) is 0 Å². The summed E-state index contributed by atoms with van der Waals surface area (Å²) >= 11 is 12.5. The molecule has 2 rings (SSSR count). The first kappa shape index (κ1) is 11.5. The normalized spacial score (nSPS) is 38.1. The first-order valence-corrected chi connectivity index (χ1v) is 5.95. The fourth-order valence-corrected chi connectivity index (χ4v) is 3.77. The quantitative estimate of drug-likeness (QED) is 0.669. The Morgan fingerprint density at radius 2 is 2.13 bits per heavy atom. The summed E-state index contributed by atoms with van der Waals surface area (Å²) in [6.45, 7) is 2.21. The Labute approximate surface area is 99.7 Å². The van der Waals surface area contributed by atoms with Gasteiger partial charge in [-0.25, -0.2) is 0 Å². The van der Waals surface area contributed by atoms with E-state index >= 15 is 0 Å². The van der Waals surface area contributed by atoms with Crippen molar-refractivity contribution in [2.45, 2.75) is 36.2 Å². The number of amides is 1. The van der Waals surface area contributed by atoms with Gasteiger partial charge in [0.1, 0.15) is 0 Å². The fraction of sp³-hybridized carbons (Fsp3) is 0.900. The number of hydrogen-bond acceptors (Lipinski definition) is 2. The van der Waals surface area contributed by atoms with Crippen LogP contribution in [0.4, 0.5) is 0 Å². The molecule has 0 N–H and O–H groups in total. The van der Waals surface area contributed by atoms with Crippen LogP contribution in [0.5, 0.6) is 0 Å². The minimum Gasteiger partial charge on any atom is -0.355 e. The van der Waals surface area contributed by atoms with Crippen LogP contribution >= 0.6 is 23.2 Å². The van der Waals surface area contributed by atoms with Crippen LogP contribution in [0.3, 0.4) is 0 Å². The van der Waals surface area contributed by atoms with E-state index in [1.807, 2.05) is 0 Å². The molecule has 0 bridgehead atoms. The second-order valence-corrected chi connectivity index (χ2v) is 5.63. The zero-order valence-electron chi connectivity index (χ0n) is 8.93. The molecule has 5 heteroatoms. The van der Waals surface area contributed by atoms with Crippen LogP contribution in [0, 0.1) is 5.92 Å². The second kappa shape index (κ2) is 3.51. The molecule has 3 nitrogen and oxygen atoms in total. The fourth-order valence-electron chi connectivity index (χ4n) is 2.74. The summed E-state index contributed by atoms with van der Waals surface area (Å²) in [5.74, 6) is 0.0247. The van der Waals surface area contributed by atoms with Crippen LogP contribution < -0.4 is 0 Å². The lowest BCUT2D eigenvalue weighted by Crippen LogP contribution is -2.46. The third kappa shape index (κ3) is 1.33. The molecule has 2 atom stereocenters. The lowest BCUT2D eigenvalue weighted by Gasteiger charge is -2.31. The highest BCUT2D eigenvalue weighted by molar-refractivity contribution is 6.52. The topological polar surface area (TPSA) is 29.5 Å². The van der Waals surface area contributed by atoms with E-state index in [-0.39, 0.29) is 11.8 Å². The van der Waals surface area contributed by atoms with Gasteiger partial charge in [0.25, 0.3) is 0 Å². The van der Waals surface area contributed by atoms with E-state index < -0.39 is 10.1 Å². The SMILES string of the molecule is COC12C(CCCCN1C(C)=O)C2(Cl)Cl. The predicted octanol–water partition coefficient (Wildman–Crippen LogP) is 2.17. The maximum Gasteiger partial charge on any atom is 0.221 e. The van der Waals surface area contributed by atoms with Crippen LogP contribution in [0.2, 0.25) is 0 Å². The molecule has 2 fully saturated rings. The Bertz CT molecular complexity index is 295. The summed E-state index contributed by atoms with van der Waals surface area (Å²) in [6.07, 6.45) is 2.95. The van der Waals surface area contributed by atoms with Crippen LogP contribution in [-0.2, 0) is 9.53 Å². The molecule has 0 aromatic heterocycles. The zero-order valence-corrected chi connectivity index (χ0v) is 10.4. The van der Waals surface area contributed by atoms with E-state index in [0.29, 0.717) is 6.54 Å². The van der Waals surface area contributed by atoms with Crippen molar-refractivity contribution < 1.29 is 9.53 Å². The number of rotatable bonds is 1. The average Bonchev–Trinajstić information content (AvgIpc) is 2.72. The highest BCUT2D eigenvalue weighted by Gasteiger charge is 2.80. The van der Waals surface area contributed by atoms with Gasteiger partial charge < -0.3 is 9.64 Å². The molecule has 1 aliphatic heterocycles. The number of methoxy groups -OCH3 is 1. The van der Waals surface area contributed by atoms with Crippen molar-refractivity contribution >= 4 is 29.1 Å². The Kier molecular flexibility index (Phi) is 2.69. The van der Waals surface area contributed by atoms with Gasteiger partial charge >= 0.3 is 0 Å². The maximum absolute atomic E-state index is 11.6. The monoisotopic (exact) mass is 251 g/mol. The van der Waals surface area contributed by atoms with Gasteiger partial charge in [0.15, 0.2) is 10.1 Å².